The lowest BCUT2D eigenvalue weighted by atomic mass is 9.93. The third-order valence-corrected chi connectivity index (χ3v) is 6.17. The first kappa shape index (κ1) is 20.0. The van der Waals surface area contributed by atoms with E-state index in [2.05, 4.69) is 15.2 Å². The van der Waals surface area contributed by atoms with E-state index in [1.807, 2.05) is 0 Å². The molecule has 0 saturated heterocycles. The molecule has 0 amide bonds. The number of alkyl halides is 3. The molecule has 2 aliphatic heterocycles. The van der Waals surface area contributed by atoms with E-state index in [9.17, 15) is 17.6 Å². The second-order valence-corrected chi connectivity index (χ2v) is 8.08. The van der Waals surface area contributed by atoms with Crippen molar-refractivity contribution in [3.05, 3.63) is 71.1 Å². The van der Waals surface area contributed by atoms with Crippen LogP contribution in [0.15, 0.2) is 42.9 Å². The summed E-state index contributed by atoms with van der Waals surface area (Å²) in [4.78, 5) is 4.01. The lowest BCUT2D eigenvalue weighted by molar-refractivity contribution is -0.137. The molecule has 33 heavy (non-hydrogen) atoms. The number of nitrogens with zero attached hydrogens (tertiary/aromatic N) is 4. The zero-order chi connectivity index (χ0) is 22.7. The van der Waals surface area contributed by atoms with Gasteiger partial charge >= 0.3 is 6.18 Å². The molecule has 0 N–H and O–H groups in total. The van der Waals surface area contributed by atoms with Crippen molar-refractivity contribution < 1.29 is 27.0 Å². The van der Waals surface area contributed by atoms with Gasteiger partial charge in [-0.3, -0.25) is 9.38 Å². The molecule has 0 fully saturated rings. The van der Waals surface area contributed by atoms with E-state index in [0.29, 0.717) is 53.4 Å². The van der Waals surface area contributed by atoms with Crippen LogP contribution in [0, 0.1) is 5.82 Å². The van der Waals surface area contributed by atoms with Gasteiger partial charge in [-0.15, -0.1) is 10.2 Å². The second kappa shape index (κ2) is 7.16. The summed E-state index contributed by atoms with van der Waals surface area (Å²) < 4.78 is 67.2. The van der Waals surface area contributed by atoms with E-state index in [4.69, 9.17) is 9.47 Å². The van der Waals surface area contributed by atoms with Crippen LogP contribution in [0.25, 0.3) is 16.9 Å². The number of hydrogen-bond acceptors (Lipinski definition) is 5. The lowest BCUT2D eigenvalue weighted by Crippen LogP contribution is -2.13. The molecule has 0 saturated carbocycles. The van der Waals surface area contributed by atoms with Crippen LogP contribution in [-0.4, -0.2) is 32.8 Å². The third kappa shape index (κ3) is 3.20. The molecule has 10 heteroatoms. The number of pyridine rings is 2. The van der Waals surface area contributed by atoms with Gasteiger partial charge in [0, 0.05) is 17.3 Å². The minimum Gasteiger partial charge on any atom is -0.493 e. The molecule has 3 aromatic heterocycles. The first-order chi connectivity index (χ1) is 15.9. The Balaban J connectivity index is 1.46. The van der Waals surface area contributed by atoms with E-state index < -0.39 is 11.7 Å². The first-order valence-electron chi connectivity index (χ1n) is 10.4. The van der Waals surface area contributed by atoms with Gasteiger partial charge < -0.3 is 9.47 Å². The average molecular weight is 456 g/mol. The molecule has 0 bridgehead atoms. The van der Waals surface area contributed by atoms with Crippen molar-refractivity contribution in [2.45, 2.75) is 24.9 Å². The highest BCUT2D eigenvalue weighted by atomic mass is 19.4. The van der Waals surface area contributed by atoms with Crippen LogP contribution in [0.1, 0.15) is 28.3 Å². The molecule has 5 heterocycles. The topological polar surface area (TPSA) is 61.5 Å². The monoisotopic (exact) mass is 456 g/mol. The summed E-state index contributed by atoms with van der Waals surface area (Å²) in [7, 11) is 0. The Hall–Kier alpha value is -3.69. The molecule has 0 radical (unpaired) electrons. The molecule has 0 aliphatic carbocycles. The molecule has 6 nitrogen and oxygen atoms in total. The van der Waals surface area contributed by atoms with Gasteiger partial charge in [-0.05, 0) is 48.7 Å². The van der Waals surface area contributed by atoms with Crippen molar-refractivity contribution in [1.29, 1.82) is 0 Å². The van der Waals surface area contributed by atoms with Gasteiger partial charge in [0.15, 0.2) is 5.65 Å². The van der Waals surface area contributed by atoms with Crippen LogP contribution in [0.3, 0.4) is 0 Å². The lowest BCUT2D eigenvalue weighted by Gasteiger charge is -2.16. The fraction of sp³-hybridized carbons (Fsp3) is 0.261. The third-order valence-electron chi connectivity index (χ3n) is 6.17. The van der Waals surface area contributed by atoms with Crippen molar-refractivity contribution in [3.63, 3.8) is 0 Å². The van der Waals surface area contributed by atoms with Crippen molar-refractivity contribution in [2.24, 2.45) is 0 Å². The fourth-order valence-electron chi connectivity index (χ4n) is 4.57. The number of hydrogen-bond donors (Lipinski definition) is 0. The molecular formula is C23H16F4N4O2. The summed E-state index contributed by atoms with van der Waals surface area (Å²) in [5.74, 6) is 0.801. The maximum Gasteiger partial charge on any atom is 0.417 e. The van der Waals surface area contributed by atoms with Crippen molar-refractivity contribution in [3.8, 4) is 22.8 Å². The van der Waals surface area contributed by atoms with Crippen LogP contribution >= 0.6 is 0 Å². The summed E-state index contributed by atoms with van der Waals surface area (Å²) in [5, 5.41) is 8.14. The maximum atomic E-state index is 14.7. The Morgan fingerprint density at radius 3 is 2.58 bits per heavy atom. The van der Waals surface area contributed by atoms with Gasteiger partial charge in [0.05, 0.1) is 36.1 Å². The molecule has 6 rings (SSSR count). The largest absolute Gasteiger partial charge is 0.493 e. The average Bonchev–Trinajstić information content (AvgIpc) is 3.44. The molecule has 0 unspecified atom stereocenters. The normalized spacial score (nSPS) is 17.4. The summed E-state index contributed by atoms with van der Waals surface area (Å²) in [5.41, 5.74) is 2.61. The van der Waals surface area contributed by atoms with Crippen molar-refractivity contribution in [1.82, 2.24) is 19.6 Å². The van der Waals surface area contributed by atoms with E-state index in [-0.39, 0.29) is 18.3 Å². The molecule has 1 atom stereocenters. The van der Waals surface area contributed by atoms with Crippen molar-refractivity contribution >= 4 is 5.65 Å². The molecule has 168 valence electrons. The number of fused-ring (bicyclic) bond motifs is 3. The van der Waals surface area contributed by atoms with Crippen LogP contribution in [0.5, 0.6) is 11.5 Å². The zero-order valence-electron chi connectivity index (χ0n) is 17.1. The Morgan fingerprint density at radius 2 is 1.82 bits per heavy atom. The van der Waals surface area contributed by atoms with Crippen LogP contribution in [0.2, 0.25) is 0 Å². The number of halogens is 4. The van der Waals surface area contributed by atoms with E-state index in [0.717, 1.165) is 23.5 Å². The van der Waals surface area contributed by atoms with E-state index in [1.165, 1.54) is 18.5 Å². The van der Waals surface area contributed by atoms with Crippen LogP contribution < -0.4 is 9.47 Å². The maximum absolute atomic E-state index is 14.7. The minimum absolute atomic E-state index is 0.124. The standard InChI is InChI=1S/C23H16F4N4O2/c24-16-3-6-19-21-12(9-32-19)10-33-20-7-15(17-4-1-13(8-28-17)23(25,26)27)22-30-29-11-31(22)18(20)5-2-14(16)21/h1,3-4,6-8,11-12H,2,5,9-10H2/t12-/m1/s1. The fourth-order valence-corrected chi connectivity index (χ4v) is 4.57. The number of ether oxygens (including phenoxy) is 2. The van der Waals surface area contributed by atoms with Crippen LogP contribution in [-0.2, 0) is 19.0 Å². The Morgan fingerprint density at radius 1 is 1.00 bits per heavy atom. The highest BCUT2D eigenvalue weighted by molar-refractivity contribution is 5.77. The highest BCUT2D eigenvalue weighted by Gasteiger charge is 2.33. The molecule has 2 aliphatic rings. The number of aromatic nitrogens is 4. The summed E-state index contributed by atoms with van der Waals surface area (Å²) in [6.45, 7) is 0.660. The highest BCUT2D eigenvalue weighted by Crippen LogP contribution is 2.41. The van der Waals surface area contributed by atoms with Gasteiger partial charge in [0.1, 0.15) is 23.6 Å². The van der Waals surface area contributed by atoms with Gasteiger partial charge in [-0.2, -0.15) is 13.2 Å². The Labute approximate surface area is 184 Å². The van der Waals surface area contributed by atoms with Gasteiger partial charge in [-0.25, -0.2) is 4.39 Å². The van der Waals surface area contributed by atoms with Crippen LogP contribution in [0.4, 0.5) is 17.6 Å². The smallest absolute Gasteiger partial charge is 0.417 e. The summed E-state index contributed by atoms with van der Waals surface area (Å²) in [6, 6.07) is 7.07. The van der Waals surface area contributed by atoms with Gasteiger partial charge in [0.25, 0.3) is 0 Å². The van der Waals surface area contributed by atoms with Crippen molar-refractivity contribution in [2.75, 3.05) is 13.2 Å². The molecule has 0 spiro atoms. The first-order valence-corrected chi connectivity index (χ1v) is 10.4. The minimum atomic E-state index is -4.48. The quantitative estimate of drug-likeness (QED) is 0.392. The molecule has 1 aromatic carbocycles. The van der Waals surface area contributed by atoms with E-state index in [1.54, 1.807) is 16.5 Å². The SMILES string of the molecule is Fc1ccc2c3c1CCc1c(cc(-c4ccc(C(F)(F)F)cn4)c4nncn14)OC[C@H]3CO2. The van der Waals surface area contributed by atoms with Gasteiger partial charge in [-0.1, -0.05) is 0 Å². The second-order valence-electron chi connectivity index (χ2n) is 8.08. The zero-order valence-corrected chi connectivity index (χ0v) is 17.1. The van der Waals surface area contributed by atoms with Gasteiger partial charge in [0.2, 0.25) is 0 Å². The number of aryl methyl sites for hydroxylation is 1. The number of rotatable bonds is 1. The van der Waals surface area contributed by atoms with E-state index >= 15 is 0 Å². The number of benzene rings is 1. The predicted molar refractivity (Wildman–Crippen MR) is 109 cm³/mol. The molecule has 4 aromatic rings. The molecular weight excluding hydrogens is 440 g/mol. The summed E-state index contributed by atoms with van der Waals surface area (Å²) in [6.07, 6.45) is -1.29. The Kier molecular flexibility index (Phi) is 4.33. The summed E-state index contributed by atoms with van der Waals surface area (Å²) >= 11 is 0. The Bertz CT molecular complexity index is 1380. The predicted octanol–water partition coefficient (Wildman–Crippen LogP) is 4.60.